The molecule has 0 aromatic carbocycles. The van der Waals surface area contributed by atoms with Crippen molar-refractivity contribution >= 4 is 23.3 Å². The molecule has 118 valence electrons. The van der Waals surface area contributed by atoms with Gasteiger partial charge in [-0.05, 0) is 51.5 Å². The number of hydrogen-bond donors (Lipinski definition) is 2. The fraction of sp³-hybridized carbons (Fsp3) is 0.571. The van der Waals surface area contributed by atoms with Crippen LogP contribution in [0.15, 0.2) is 17.5 Å². The lowest BCUT2D eigenvalue weighted by molar-refractivity contribution is -0.159. The molecule has 7 heteroatoms. The van der Waals surface area contributed by atoms with Crippen molar-refractivity contribution in [1.82, 2.24) is 9.80 Å². The van der Waals surface area contributed by atoms with Crippen LogP contribution in [-0.4, -0.2) is 65.2 Å². The summed E-state index contributed by atoms with van der Waals surface area (Å²) in [5, 5.41) is 16.9. The Kier molecular flexibility index (Phi) is 7.35. The van der Waals surface area contributed by atoms with Gasteiger partial charge in [0.05, 0.1) is 0 Å². The fourth-order valence-electron chi connectivity index (χ4n) is 2.21. The summed E-state index contributed by atoms with van der Waals surface area (Å²) in [6.45, 7) is 3.62. The number of aliphatic carboxylic acids is 2. The van der Waals surface area contributed by atoms with Gasteiger partial charge in [0.15, 0.2) is 0 Å². The first-order chi connectivity index (χ1) is 9.90. The van der Waals surface area contributed by atoms with Gasteiger partial charge in [0.1, 0.15) is 0 Å². The van der Waals surface area contributed by atoms with E-state index in [4.69, 9.17) is 19.8 Å². The molecule has 1 aliphatic rings. The van der Waals surface area contributed by atoms with Crippen LogP contribution >= 0.6 is 11.3 Å². The number of thiophene rings is 1. The van der Waals surface area contributed by atoms with Crippen LogP contribution in [0.1, 0.15) is 17.7 Å². The molecule has 1 saturated heterocycles. The maximum Gasteiger partial charge on any atom is 0.414 e. The smallest absolute Gasteiger partial charge is 0.414 e. The first-order valence-electron chi connectivity index (χ1n) is 6.77. The minimum absolute atomic E-state index is 0.781. The quantitative estimate of drug-likeness (QED) is 0.822. The zero-order chi connectivity index (χ0) is 15.8. The Bertz CT molecular complexity index is 430. The van der Waals surface area contributed by atoms with Crippen molar-refractivity contribution in [2.45, 2.75) is 25.4 Å². The Hall–Kier alpha value is -1.44. The molecule has 1 aliphatic heterocycles. The SMILES string of the molecule is CN1CCC(N(C)Cc2cccs2)CC1.O=C(O)C(=O)O. The molecule has 21 heavy (non-hydrogen) atoms. The van der Waals surface area contributed by atoms with E-state index in [0.717, 1.165) is 12.6 Å². The number of nitrogens with zero attached hydrogens (tertiary/aromatic N) is 2. The van der Waals surface area contributed by atoms with Crippen molar-refractivity contribution in [3.05, 3.63) is 22.4 Å². The van der Waals surface area contributed by atoms with E-state index in [1.54, 1.807) is 0 Å². The van der Waals surface area contributed by atoms with Gasteiger partial charge in [-0.2, -0.15) is 0 Å². The summed E-state index contributed by atoms with van der Waals surface area (Å²) >= 11 is 1.86. The van der Waals surface area contributed by atoms with Gasteiger partial charge in [-0.15, -0.1) is 11.3 Å². The highest BCUT2D eigenvalue weighted by atomic mass is 32.1. The summed E-state index contributed by atoms with van der Waals surface area (Å²) in [6, 6.07) is 5.15. The van der Waals surface area contributed by atoms with Gasteiger partial charge in [0.2, 0.25) is 0 Å². The molecule has 1 aromatic heterocycles. The van der Waals surface area contributed by atoms with Gasteiger partial charge < -0.3 is 15.1 Å². The Morgan fingerprint density at radius 1 is 1.33 bits per heavy atom. The summed E-state index contributed by atoms with van der Waals surface area (Å²) in [7, 11) is 4.48. The number of rotatable bonds is 3. The third-order valence-electron chi connectivity index (χ3n) is 3.48. The van der Waals surface area contributed by atoms with Gasteiger partial charge in [-0.1, -0.05) is 6.07 Å². The Balaban J connectivity index is 0.000000315. The van der Waals surface area contributed by atoms with E-state index in [9.17, 15) is 0 Å². The van der Waals surface area contributed by atoms with Crippen molar-refractivity contribution < 1.29 is 19.8 Å². The molecule has 2 rings (SSSR count). The summed E-state index contributed by atoms with van der Waals surface area (Å²) in [4.78, 5) is 24.6. The topological polar surface area (TPSA) is 81.1 Å². The van der Waals surface area contributed by atoms with Crippen LogP contribution in [0.3, 0.4) is 0 Å². The highest BCUT2D eigenvalue weighted by molar-refractivity contribution is 7.09. The normalized spacial score (nSPS) is 16.3. The van der Waals surface area contributed by atoms with Crippen molar-refractivity contribution in [3.8, 4) is 0 Å². The van der Waals surface area contributed by atoms with Gasteiger partial charge in [-0.25, -0.2) is 9.59 Å². The highest BCUT2D eigenvalue weighted by Crippen LogP contribution is 2.18. The number of likely N-dealkylation sites (tertiary alicyclic amines) is 1. The number of carboxylic acids is 2. The molecule has 0 bridgehead atoms. The van der Waals surface area contributed by atoms with E-state index in [2.05, 4.69) is 41.4 Å². The molecule has 1 fully saturated rings. The zero-order valence-electron chi connectivity index (χ0n) is 12.4. The van der Waals surface area contributed by atoms with Crippen molar-refractivity contribution in [1.29, 1.82) is 0 Å². The lowest BCUT2D eigenvalue weighted by Gasteiger charge is -2.34. The predicted molar refractivity (Wildman–Crippen MR) is 81.6 cm³/mol. The third kappa shape index (κ3) is 6.70. The van der Waals surface area contributed by atoms with E-state index in [1.807, 2.05) is 11.3 Å². The van der Waals surface area contributed by atoms with E-state index in [0.29, 0.717) is 0 Å². The Labute approximate surface area is 128 Å². The molecule has 0 saturated carbocycles. The summed E-state index contributed by atoms with van der Waals surface area (Å²) in [5.74, 6) is -3.65. The molecule has 6 nitrogen and oxygen atoms in total. The van der Waals surface area contributed by atoms with Crippen LogP contribution in [0.5, 0.6) is 0 Å². The van der Waals surface area contributed by atoms with E-state index in [-0.39, 0.29) is 0 Å². The standard InChI is InChI=1S/C12H20N2S.C2H2O4/c1-13-7-5-11(6-8-13)14(2)10-12-4-3-9-15-12;3-1(4)2(5)6/h3-4,9,11H,5-8,10H2,1-2H3;(H,3,4)(H,5,6). The molecular weight excluding hydrogens is 292 g/mol. The molecule has 0 unspecified atom stereocenters. The lowest BCUT2D eigenvalue weighted by atomic mass is 10.0. The highest BCUT2D eigenvalue weighted by Gasteiger charge is 2.20. The molecular formula is C14H22N2O4S. The molecule has 1 aromatic rings. The number of carbonyl (C=O) groups is 2. The van der Waals surface area contributed by atoms with Crippen LogP contribution in [0, 0.1) is 0 Å². The van der Waals surface area contributed by atoms with Gasteiger partial charge >= 0.3 is 11.9 Å². The van der Waals surface area contributed by atoms with Crippen molar-refractivity contribution in [3.63, 3.8) is 0 Å². The maximum atomic E-state index is 9.10. The van der Waals surface area contributed by atoms with Crippen molar-refractivity contribution in [2.24, 2.45) is 0 Å². The van der Waals surface area contributed by atoms with Crippen LogP contribution < -0.4 is 0 Å². The number of hydrogen-bond acceptors (Lipinski definition) is 5. The van der Waals surface area contributed by atoms with Crippen molar-refractivity contribution in [2.75, 3.05) is 27.2 Å². The summed E-state index contributed by atoms with van der Waals surface area (Å²) in [5.41, 5.74) is 0. The molecule has 0 spiro atoms. The van der Waals surface area contributed by atoms with Crippen LogP contribution in [0.4, 0.5) is 0 Å². The molecule has 0 amide bonds. The lowest BCUT2D eigenvalue weighted by Crippen LogP contribution is -2.41. The van der Waals surface area contributed by atoms with Crippen LogP contribution in [0.2, 0.25) is 0 Å². The maximum absolute atomic E-state index is 9.10. The largest absolute Gasteiger partial charge is 0.473 e. The van der Waals surface area contributed by atoms with Gasteiger partial charge in [0, 0.05) is 17.5 Å². The average molecular weight is 314 g/mol. The second kappa shape index (κ2) is 8.76. The summed E-state index contributed by atoms with van der Waals surface area (Å²) in [6.07, 6.45) is 2.64. The number of piperidine rings is 1. The minimum Gasteiger partial charge on any atom is -0.473 e. The molecule has 0 aliphatic carbocycles. The fourth-order valence-corrected chi connectivity index (χ4v) is 2.98. The molecule has 2 N–H and O–H groups in total. The molecule has 0 radical (unpaired) electrons. The second-order valence-corrected chi connectivity index (χ2v) is 6.17. The van der Waals surface area contributed by atoms with Crippen LogP contribution in [0.25, 0.3) is 0 Å². The minimum atomic E-state index is -1.82. The first kappa shape index (κ1) is 17.6. The van der Waals surface area contributed by atoms with E-state index in [1.165, 1.54) is 30.8 Å². The Morgan fingerprint density at radius 2 is 1.90 bits per heavy atom. The summed E-state index contributed by atoms with van der Waals surface area (Å²) < 4.78 is 0. The molecule has 2 heterocycles. The third-order valence-corrected chi connectivity index (χ3v) is 4.34. The van der Waals surface area contributed by atoms with E-state index >= 15 is 0 Å². The van der Waals surface area contributed by atoms with Gasteiger partial charge in [0.25, 0.3) is 0 Å². The molecule has 0 atom stereocenters. The number of carboxylic acid groups (broad SMARTS) is 2. The second-order valence-electron chi connectivity index (χ2n) is 5.14. The van der Waals surface area contributed by atoms with Crippen LogP contribution in [-0.2, 0) is 16.1 Å². The zero-order valence-corrected chi connectivity index (χ0v) is 13.2. The van der Waals surface area contributed by atoms with E-state index < -0.39 is 11.9 Å². The first-order valence-corrected chi connectivity index (χ1v) is 7.65. The van der Waals surface area contributed by atoms with Gasteiger partial charge in [-0.3, -0.25) is 4.90 Å². The predicted octanol–water partition coefficient (Wildman–Crippen LogP) is 1.43. The monoisotopic (exact) mass is 314 g/mol. The Morgan fingerprint density at radius 3 is 2.33 bits per heavy atom. The average Bonchev–Trinajstić information content (AvgIpc) is 2.93.